The smallest absolute Gasteiger partial charge is 0.305 e. The average Bonchev–Trinajstić information content (AvgIpc) is 1.06. The first-order valence-corrected chi connectivity index (χ1v) is 41.1. The monoisotopic (exact) mass is 1320 g/mol. The largest absolute Gasteiger partial charge is 0.466 e. The van der Waals surface area contributed by atoms with Gasteiger partial charge in [0.05, 0.1) is 32.0 Å². The Labute approximate surface area is 575 Å². The van der Waals surface area contributed by atoms with Crippen LogP contribution in [0.1, 0.15) is 425 Å². The molecule has 1 heterocycles. The molecule has 11 heteroatoms. The fourth-order valence-corrected chi connectivity index (χ4v) is 13.4. The maximum Gasteiger partial charge on any atom is 0.305 e. The predicted octanol–water partition coefficient (Wildman–Crippen LogP) is 22.3. The highest BCUT2D eigenvalue weighted by Gasteiger charge is 2.44. The van der Waals surface area contributed by atoms with E-state index in [2.05, 4.69) is 31.3 Å². The Morgan fingerprint density at radius 2 is 0.699 bits per heavy atom. The highest BCUT2D eigenvalue weighted by molar-refractivity contribution is 5.76. The minimum absolute atomic E-state index is 0.0231. The minimum atomic E-state index is -1.57. The molecular formula is C82H157NO10. The van der Waals surface area contributed by atoms with Crippen LogP contribution in [-0.4, -0.2) is 100 Å². The Balaban J connectivity index is 1.82. The number of allylic oxidation sites excluding steroid dienone is 3. The summed E-state index contributed by atoms with van der Waals surface area (Å²) < 4.78 is 16.7. The SMILES string of the molecule is CCCCC/C=C/CC/C=C/C(O)C(COC1OC(CO)C(O)C(O)C1O)NC(=O)CCCCCCCCCCCCCCCCCCCCCCCCCCCCCCCCCCCCCCCCCOC(=O)CCCCCCCCCCCCCCCCCCC. The van der Waals surface area contributed by atoms with Gasteiger partial charge < -0.3 is 45.1 Å². The third kappa shape index (κ3) is 59.9. The molecule has 0 aliphatic carbocycles. The van der Waals surface area contributed by atoms with E-state index >= 15 is 0 Å². The van der Waals surface area contributed by atoms with E-state index in [4.69, 9.17) is 14.2 Å². The van der Waals surface area contributed by atoms with Crippen molar-refractivity contribution in [2.24, 2.45) is 0 Å². The van der Waals surface area contributed by atoms with Crippen LogP contribution in [-0.2, 0) is 23.8 Å². The molecule has 0 aromatic rings. The highest BCUT2D eigenvalue weighted by Crippen LogP contribution is 2.24. The van der Waals surface area contributed by atoms with Gasteiger partial charge in [-0.1, -0.05) is 391 Å². The Hall–Kier alpha value is -1.86. The lowest BCUT2D eigenvalue weighted by Gasteiger charge is -2.40. The molecule has 6 N–H and O–H groups in total. The van der Waals surface area contributed by atoms with Crippen molar-refractivity contribution in [2.45, 2.75) is 468 Å². The molecule has 0 aromatic heterocycles. The summed E-state index contributed by atoms with van der Waals surface area (Å²) in [6.45, 7) is 4.34. The molecule has 1 aliphatic heterocycles. The van der Waals surface area contributed by atoms with Gasteiger partial charge in [0.1, 0.15) is 24.4 Å². The molecule has 1 fully saturated rings. The summed E-state index contributed by atoms with van der Waals surface area (Å²) in [7, 11) is 0. The number of unbranched alkanes of at least 4 members (excludes halogenated alkanes) is 58. The number of aliphatic hydroxyl groups excluding tert-OH is 5. The third-order valence-corrected chi connectivity index (χ3v) is 19.8. The van der Waals surface area contributed by atoms with Crippen molar-refractivity contribution in [1.82, 2.24) is 5.32 Å². The Bertz CT molecular complexity index is 1590. The van der Waals surface area contributed by atoms with Crippen molar-refractivity contribution >= 4 is 11.9 Å². The van der Waals surface area contributed by atoms with Crippen molar-refractivity contribution in [3.8, 4) is 0 Å². The van der Waals surface area contributed by atoms with E-state index in [1.165, 1.54) is 347 Å². The van der Waals surface area contributed by atoms with E-state index in [0.717, 1.165) is 51.4 Å². The number of amides is 1. The van der Waals surface area contributed by atoms with Crippen molar-refractivity contribution < 1.29 is 49.3 Å². The number of rotatable bonds is 74. The van der Waals surface area contributed by atoms with Crippen LogP contribution in [0.25, 0.3) is 0 Å². The molecule has 1 aliphatic rings. The molecule has 1 rings (SSSR count). The molecule has 0 bridgehead atoms. The van der Waals surface area contributed by atoms with Crippen LogP contribution in [0.15, 0.2) is 24.3 Å². The van der Waals surface area contributed by atoms with Gasteiger partial charge >= 0.3 is 5.97 Å². The van der Waals surface area contributed by atoms with Crippen molar-refractivity contribution in [1.29, 1.82) is 0 Å². The average molecular weight is 1320 g/mol. The molecule has 7 atom stereocenters. The molecule has 1 saturated heterocycles. The molecule has 0 spiro atoms. The highest BCUT2D eigenvalue weighted by atomic mass is 16.7. The molecule has 550 valence electrons. The van der Waals surface area contributed by atoms with Crippen LogP contribution >= 0.6 is 0 Å². The zero-order valence-electron chi connectivity index (χ0n) is 61.5. The second-order valence-corrected chi connectivity index (χ2v) is 28.8. The summed E-state index contributed by atoms with van der Waals surface area (Å²) in [5.74, 6) is -0.163. The van der Waals surface area contributed by atoms with Crippen LogP contribution in [0.5, 0.6) is 0 Å². The molecule has 0 saturated carbocycles. The number of hydrogen-bond donors (Lipinski definition) is 6. The lowest BCUT2D eigenvalue weighted by atomic mass is 9.99. The predicted molar refractivity (Wildman–Crippen MR) is 394 cm³/mol. The molecular weight excluding hydrogens is 1160 g/mol. The van der Waals surface area contributed by atoms with E-state index < -0.39 is 49.5 Å². The zero-order chi connectivity index (χ0) is 67.2. The maximum atomic E-state index is 13.0. The summed E-state index contributed by atoms with van der Waals surface area (Å²) >= 11 is 0. The zero-order valence-corrected chi connectivity index (χ0v) is 61.5. The van der Waals surface area contributed by atoms with Gasteiger partial charge in [-0.25, -0.2) is 0 Å². The normalized spacial score (nSPS) is 17.5. The first-order valence-electron chi connectivity index (χ1n) is 41.1. The van der Waals surface area contributed by atoms with Gasteiger partial charge in [-0.3, -0.25) is 9.59 Å². The van der Waals surface area contributed by atoms with Crippen molar-refractivity contribution in [3.05, 3.63) is 24.3 Å². The molecule has 11 nitrogen and oxygen atoms in total. The fourth-order valence-electron chi connectivity index (χ4n) is 13.4. The number of nitrogens with one attached hydrogen (secondary N) is 1. The lowest BCUT2D eigenvalue weighted by molar-refractivity contribution is -0.302. The van der Waals surface area contributed by atoms with Crippen LogP contribution in [0.3, 0.4) is 0 Å². The van der Waals surface area contributed by atoms with Crippen LogP contribution in [0.2, 0.25) is 0 Å². The first kappa shape index (κ1) is 89.2. The van der Waals surface area contributed by atoms with Gasteiger partial charge in [0, 0.05) is 12.8 Å². The van der Waals surface area contributed by atoms with Gasteiger partial charge in [-0.05, 0) is 44.9 Å². The first-order chi connectivity index (χ1) is 45.7. The summed E-state index contributed by atoms with van der Waals surface area (Å²) in [4.78, 5) is 25.1. The van der Waals surface area contributed by atoms with Gasteiger partial charge in [-0.2, -0.15) is 0 Å². The van der Waals surface area contributed by atoms with Crippen molar-refractivity contribution in [2.75, 3.05) is 19.8 Å². The second-order valence-electron chi connectivity index (χ2n) is 28.8. The van der Waals surface area contributed by atoms with Gasteiger partial charge in [-0.15, -0.1) is 0 Å². The number of esters is 1. The van der Waals surface area contributed by atoms with E-state index in [1.807, 2.05) is 6.08 Å². The summed E-state index contributed by atoms with van der Waals surface area (Å²) in [6.07, 6.45) is 82.6. The molecule has 7 unspecified atom stereocenters. The van der Waals surface area contributed by atoms with E-state index in [-0.39, 0.29) is 18.5 Å². The van der Waals surface area contributed by atoms with Crippen LogP contribution in [0, 0.1) is 0 Å². The topological polar surface area (TPSA) is 175 Å². The number of aliphatic hydroxyl groups is 5. The summed E-state index contributed by atoms with van der Waals surface area (Å²) in [5.41, 5.74) is 0. The summed E-state index contributed by atoms with van der Waals surface area (Å²) in [6, 6.07) is -0.821. The van der Waals surface area contributed by atoms with E-state index in [1.54, 1.807) is 6.08 Å². The quantitative estimate of drug-likeness (QED) is 0.0195. The Morgan fingerprint density at radius 3 is 1.06 bits per heavy atom. The summed E-state index contributed by atoms with van der Waals surface area (Å²) in [5, 5.41) is 54.3. The number of carbonyl (C=O) groups is 2. The third-order valence-electron chi connectivity index (χ3n) is 19.8. The van der Waals surface area contributed by atoms with Crippen LogP contribution < -0.4 is 5.32 Å². The Morgan fingerprint density at radius 1 is 0.387 bits per heavy atom. The fraction of sp³-hybridized carbons (Fsp3) is 0.927. The lowest BCUT2D eigenvalue weighted by Crippen LogP contribution is -2.60. The second kappa shape index (κ2) is 71.4. The number of ether oxygens (including phenoxy) is 3. The Kier molecular flexibility index (Phi) is 68.5. The van der Waals surface area contributed by atoms with Gasteiger partial charge in [0.2, 0.25) is 5.91 Å². The molecule has 0 radical (unpaired) electrons. The van der Waals surface area contributed by atoms with Crippen molar-refractivity contribution in [3.63, 3.8) is 0 Å². The van der Waals surface area contributed by atoms with Crippen LogP contribution in [0.4, 0.5) is 0 Å². The molecule has 93 heavy (non-hydrogen) atoms. The number of carbonyl (C=O) groups excluding carboxylic acids is 2. The van der Waals surface area contributed by atoms with E-state index in [0.29, 0.717) is 19.4 Å². The van der Waals surface area contributed by atoms with Gasteiger partial charge in [0.25, 0.3) is 0 Å². The van der Waals surface area contributed by atoms with E-state index in [9.17, 15) is 35.1 Å². The van der Waals surface area contributed by atoms with Gasteiger partial charge in [0.15, 0.2) is 6.29 Å². The molecule has 0 aromatic carbocycles. The molecule has 1 amide bonds. The minimum Gasteiger partial charge on any atom is -0.466 e. The number of hydrogen-bond acceptors (Lipinski definition) is 10. The standard InChI is InChI=1S/C82H157NO10/c1-3-5-7-9-11-13-14-15-16-40-44-47-50-54-58-62-66-70-78(87)91-71-67-63-59-55-51-48-45-42-39-37-35-33-31-29-27-25-23-21-19-17-18-20-22-24-26-28-30-32-34-36-38-41-43-46-49-53-57-61-65-69-77(86)83-74(75(85)68-64-60-56-52-12-10-8-6-4-2)73-92-82-81(90)80(89)79(88)76(72-84)93-82/h12,52,64,68,74-76,79-82,84-85,88-90H,3-11,13-51,53-63,65-67,69-73H2,1-2H3,(H,83,86)/b52-12+,68-64+. The maximum absolute atomic E-state index is 13.0.